The minimum atomic E-state index is -0.220. The number of pyridine rings is 1. The van der Waals surface area contributed by atoms with Crippen LogP contribution in [0.2, 0.25) is 0 Å². The van der Waals surface area contributed by atoms with E-state index in [4.69, 9.17) is 4.52 Å². The van der Waals surface area contributed by atoms with Crippen LogP contribution in [0.3, 0.4) is 0 Å². The topological polar surface area (TPSA) is 88.3 Å². The molecule has 0 radical (unpaired) electrons. The second kappa shape index (κ2) is 7.90. The number of nitrogens with one attached hydrogen (secondary N) is 1. The first kappa shape index (κ1) is 17.7. The lowest BCUT2D eigenvalue weighted by Crippen LogP contribution is -2.38. The third-order valence-corrected chi connectivity index (χ3v) is 5.30. The van der Waals surface area contributed by atoms with Gasteiger partial charge >= 0.3 is 0 Å². The van der Waals surface area contributed by atoms with Crippen LogP contribution in [-0.2, 0) is 6.54 Å². The molecular weight excluding hydrogens is 344 g/mol. The molecule has 0 unspecified atom stereocenters. The van der Waals surface area contributed by atoms with Gasteiger partial charge in [-0.05, 0) is 43.7 Å². The minimum Gasteiger partial charge on any atom is -0.359 e. The summed E-state index contributed by atoms with van der Waals surface area (Å²) in [6.07, 6.45) is 9.79. The summed E-state index contributed by atoms with van der Waals surface area (Å²) in [5.41, 5.74) is 0.831. The molecule has 2 heterocycles. The van der Waals surface area contributed by atoms with Crippen LogP contribution in [0.4, 0.5) is 0 Å². The lowest BCUT2D eigenvalue weighted by molar-refractivity contribution is 0.0643. The van der Waals surface area contributed by atoms with Crippen LogP contribution >= 0.6 is 0 Å². The van der Waals surface area contributed by atoms with Crippen LogP contribution in [0.25, 0.3) is 0 Å². The molecule has 2 aromatic heterocycles. The number of carbonyl (C=O) groups is 2. The van der Waals surface area contributed by atoms with Gasteiger partial charge in [0.05, 0.1) is 12.1 Å². The number of aromatic nitrogens is 2. The van der Waals surface area contributed by atoms with Gasteiger partial charge in [0.1, 0.15) is 0 Å². The van der Waals surface area contributed by atoms with Gasteiger partial charge in [-0.15, -0.1) is 0 Å². The summed E-state index contributed by atoms with van der Waals surface area (Å²) in [6, 6.07) is 5.35. The van der Waals surface area contributed by atoms with Crippen molar-refractivity contribution in [2.24, 2.45) is 5.92 Å². The molecule has 0 aromatic carbocycles. The normalized spacial score (nSPS) is 17.0. The Kier molecular flexibility index (Phi) is 5.18. The summed E-state index contributed by atoms with van der Waals surface area (Å²) in [7, 11) is 0. The smallest absolute Gasteiger partial charge is 0.273 e. The largest absolute Gasteiger partial charge is 0.359 e. The van der Waals surface area contributed by atoms with E-state index in [2.05, 4.69) is 15.5 Å². The van der Waals surface area contributed by atoms with E-state index >= 15 is 0 Å². The Morgan fingerprint density at radius 1 is 1.22 bits per heavy atom. The highest BCUT2D eigenvalue weighted by atomic mass is 16.5. The van der Waals surface area contributed by atoms with Crippen molar-refractivity contribution in [3.63, 3.8) is 0 Å². The SMILES string of the molecule is O=C(NCC1CC1)c1cc(CN(C(=O)c2cccnc2)C2CCCC2)on1. The van der Waals surface area contributed by atoms with Crippen LogP contribution in [0, 0.1) is 5.92 Å². The zero-order chi connectivity index (χ0) is 18.6. The number of amides is 2. The van der Waals surface area contributed by atoms with Crippen molar-refractivity contribution in [1.82, 2.24) is 20.4 Å². The number of hydrogen-bond donors (Lipinski definition) is 1. The number of rotatable bonds is 7. The van der Waals surface area contributed by atoms with Crippen LogP contribution in [0.5, 0.6) is 0 Å². The molecule has 2 aliphatic carbocycles. The predicted octanol–water partition coefficient (Wildman–Crippen LogP) is 2.79. The van der Waals surface area contributed by atoms with E-state index in [0.717, 1.165) is 25.7 Å². The van der Waals surface area contributed by atoms with Crippen LogP contribution in [0.15, 0.2) is 35.1 Å². The summed E-state index contributed by atoms with van der Waals surface area (Å²) in [4.78, 5) is 31.1. The Labute approximate surface area is 158 Å². The van der Waals surface area contributed by atoms with E-state index < -0.39 is 0 Å². The number of nitrogens with zero attached hydrogens (tertiary/aromatic N) is 3. The third-order valence-electron chi connectivity index (χ3n) is 5.30. The maximum absolute atomic E-state index is 13.0. The average Bonchev–Trinajstić information content (AvgIpc) is 3.17. The molecule has 2 aliphatic rings. The molecule has 142 valence electrons. The monoisotopic (exact) mass is 368 g/mol. The molecule has 2 saturated carbocycles. The van der Waals surface area contributed by atoms with Crippen LogP contribution in [-0.4, -0.2) is 39.4 Å². The van der Waals surface area contributed by atoms with Crippen molar-refractivity contribution in [3.8, 4) is 0 Å². The first-order chi connectivity index (χ1) is 13.2. The second-order valence-corrected chi connectivity index (χ2v) is 7.44. The van der Waals surface area contributed by atoms with Gasteiger partial charge in [0.2, 0.25) is 0 Å². The first-order valence-electron chi connectivity index (χ1n) is 9.65. The van der Waals surface area contributed by atoms with Gasteiger partial charge in [-0.1, -0.05) is 18.0 Å². The number of carbonyl (C=O) groups excluding carboxylic acids is 2. The molecule has 27 heavy (non-hydrogen) atoms. The van der Waals surface area contributed by atoms with E-state index in [0.29, 0.717) is 30.3 Å². The molecule has 0 saturated heterocycles. The molecule has 2 aromatic rings. The summed E-state index contributed by atoms with van der Waals surface area (Å²) in [5.74, 6) is 0.847. The predicted molar refractivity (Wildman–Crippen MR) is 97.9 cm³/mol. The fourth-order valence-corrected chi connectivity index (χ4v) is 3.55. The molecule has 0 bridgehead atoms. The highest BCUT2D eigenvalue weighted by Crippen LogP contribution is 2.28. The van der Waals surface area contributed by atoms with Crippen molar-refractivity contribution in [1.29, 1.82) is 0 Å². The third kappa shape index (κ3) is 4.35. The summed E-state index contributed by atoms with van der Waals surface area (Å²) in [5, 5.41) is 6.77. The fourth-order valence-electron chi connectivity index (χ4n) is 3.55. The van der Waals surface area contributed by atoms with Crippen molar-refractivity contribution in [2.75, 3.05) is 6.54 Å². The Morgan fingerprint density at radius 3 is 2.74 bits per heavy atom. The van der Waals surface area contributed by atoms with E-state index in [1.807, 2.05) is 4.90 Å². The van der Waals surface area contributed by atoms with Crippen LogP contribution in [0.1, 0.15) is 65.1 Å². The fraction of sp³-hybridized carbons (Fsp3) is 0.500. The van der Waals surface area contributed by atoms with Gasteiger partial charge in [0.25, 0.3) is 11.8 Å². The Bertz CT molecular complexity index is 795. The summed E-state index contributed by atoms with van der Waals surface area (Å²) < 4.78 is 5.36. The van der Waals surface area contributed by atoms with Gasteiger partial charge in [-0.2, -0.15) is 0 Å². The highest BCUT2D eigenvalue weighted by Gasteiger charge is 2.29. The quantitative estimate of drug-likeness (QED) is 0.812. The Balaban J connectivity index is 1.46. The lowest BCUT2D eigenvalue weighted by Gasteiger charge is -2.28. The number of hydrogen-bond acceptors (Lipinski definition) is 5. The van der Waals surface area contributed by atoms with Gasteiger partial charge in [-0.25, -0.2) is 0 Å². The van der Waals surface area contributed by atoms with Crippen molar-refractivity contribution in [2.45, 2.75) is 51.1 Å². The molecule has 0 spiro atoms. The second-order valence-electron chi connectivity index (χ2n) is 7.44. The standard InChI is InChI=1S/C20H24N4O3/c25-19(22-11-14-7-8-14)18-10-17(27-23-18)13-24(16-5-1-2-6-16)20(26)15-4-3-9-21-12-15/h3-4,9-10,12,14,16H,1-2,5-8,11,13H2,(H,22,25). The van der Waals surface area contributed by atoms with Crippen molar-refractivity contribution >= 4 is 11.8 Å². The molecule has 0 atom stereocenters. The zero-order valence-electron chi connectivity index (χ0n) is 15.3. The molecule has 2 amide bonds. The maximum Gasteiger partial charge on any atom is 0.273 e. The first-order valence-corrected chi connectivity index (χ1v) is 9.65. The highest BCUT2D eigenvalue weighted by molar-refractivity contribution is 5.94. The van der Waals surface area contributed by atoms with Crippen molar-refractivity contribution < 1.29 is 14.1 Å². The van der Waals surface area contributed by atoms with Crippen molar-refractivity contribution in [3.05, 3.63) is 47.6 Å². The zero-order valence-corrected chi connectivity index (χ0v) is 15.3. The molecule has 0 aliphatic heterocycles. The van der Waals surface area contributed by atoms with E-state index in [9.17, 15) is 9.59 Å². The average molecular weight is 368 g/mol. The van der Waals surface area contributed by atoms with Gasteiger partial charge < -0.3 is 14.7 Å². The molecule has 7 nitrogen and oxygen atoms in total. The lowest BCUT2D eigenvalue weighted by atomic mass is 10.1. The Morgan fingerprint density at radius 2 is 2.04 bits per heavy atom. The molecule has 2 fully saturated rings. The van der Waals surface area contributed by atoms with Crippen LogP contribution < -0.4 is 5.32 Å². The minimum absolute atomic E-state index is 0.0638. The molecular formula is C20H24N4O3. The van der Waals surface area contributed by atoms with E-state index in [-0.39, 0.29) is 23.6 Å². The van der Waals surface area contributed by atoms with Gasteiger partial charge in [0, 0.05) is 31.0 Å². The molecule has 7 heteroatoms. The van der Waals surface area contributed by atoms with Gasteiger partial charge in [0.15, 0.2) is 11.5 Å². The van der Waals surface area contributed by atoms with E-state index in [1.54, 1.807) is 30.6 Å². The summed E-state index contributed by atoms with van der Waals surface area (Å²) >= 11 is 0. The van der Waals surface area contributed by atoms with Gasteiger partial charge in [-0.3, -0.25) is 14.6 Å². The molecule has 1 N–H and O–H groups in total. The Hall–Kier alpha value is -2.70. The van der Waals surface area contributed by atoms with E-state index in [1.165, 1.54) is 12.8 Å². The summed E-state index contributed by atoms with van der Waals surface area (Å²) in [6.45, 7) is 0.996. The maximum atomic E-state index is 13.0. The molecule has 4 rings (SSSR count).